The quantitative estimate of drug-likeness (QED) is 0.682. The van der Waals surface area contributed by atoms with Crippen LogP contribution in [0.1, 0.15) is 27.6 Å². The second-order valence-electron chi connectivity index (χ2n) is 5.22. The maximum absolute atomic E-state index is 6.68. The highest BCUT2D eigenvalue weighted by atomic mass is 79.9. The maximum atomic E-state index is 6.68. The van der Waals surface area contributed by atoms with Crippen LogP contribution in [0.4, 0.5) is 0 Å². The minimum atomic E-state index is -0.227. The van der Waals surface area contributed by atoms with Gasteiger partial charge in [-0.1, -0.05) is 34.1 Å². The lowest BCUT2D eigenvalue weighted by atomic mass is 9.99. The average molecular weight is 368 g/mol. The van der Waals surface area contributed by atoms with E-state index >= 15 is 0 Å². The summed E-state index contributed by atoms with van der Waals surface area (Å²) in [4.78, 5) is 0. The third kappa shape index (κ3) is 2.90. The summed E-state index contributed by atoms with van der Waals surface area (Å²) in [6, 6.07) is 10.2. The third-order valence-corrected chi connectivity index (χ3v) is 4.93. The molecule has 0 spiro atoms. The van der Waals surface area contributed by atoms with Crippen LogP contribution in [-0.2, 0) is 0 Å². The van der Waals surface area contributed by atoms with Gasteiger partial charge in [-0.2, -0.15) is 0 Å². The molecule has 0 fully saturated rings. The molecule has 0 saturated carbocycles. The predicted octanol–water partition coefficient (Wildman–Crippen LogP) is 5.17. The summed E-state index contributed by atoms with van der Waals surface area (Å²) in [7, 11) is 0. The van der Waals surface area contributed by atoms with Crippen LogP contribution < -0.4 is 9.47 Å². The first-order valence-electron chi connectivity index (χ1n) is 6.86. The van der Waals surface area contributed by atoms with Crippen molar-refractivity contribution in [3.05, 3.63) is 57.1 Å². The Labute approximate surface area is 138 Å². The number of rotatable bonds is 2. The highest BCUT2D eigenvalue weighted by Gasteiger charge is 2.20. The van der Waals surface area contributed by atoms with E-state index in [1.807, 2.05) is 12.1 Å². The molecule has 110 valence electrons. The Morgan fingerprint density at radius 3 is 2.33 bits per heavy atom. The second-order valence-corrected chi connectivity index (χ2v) is 6.51. The van der Waals surface area contributed by atoms with Gasteiger partial charge in [0.1, 0.15) is 13.2 Å². The smallest absolute Gasteiger partial charge is 0.162 e. The van der Waals surface area contributed by atoms with E-state index < -0.39 is 0 Å². The van der Waals surface area contributed by atoms with Gasteiger partial charge in [-0.15, -0.1) is 11.6 Å². The summed E-state index contributed by atoms with van der Waals surface area (Å²) in [5, 5.41) is -0.227. The lowest BCUT2D eigenvalue weighted by Gasteiger charge is -2.21. The van der Waals surface area contributed by atoms with Crippen LogP contribution >= 0.6 is 27.5 Å². The zero-order valence-electron chi connectivity index (χ0n) is 12.0. The molecule has 2 aromatic rings. The van der Waals surface area contributed by atoms with E-state index in [-0.39, 0.29) is 5.38 Å². The van der Waals surface area contributed by atoms with Gasteiger partial charge in [-0.05, 0) is 48.2 Å². The Morgan fingerprint density at radius 2 is 1.67 bits per heavy atom. The van der Waals surface area contributed by atoms with E-state index in [1.165, 1.54) is 11.1 Å². The number of fused-ring (bicyclic) bond motifs is 1. The van der Waals surface area contributed by atoms with Crippen LogP contribution in [0.2, 0.25) is 0 Å². The molecule has 1 atom stereocenters. The molecule has 2 aromatic carbocycles. The average Bonchev–Trinajstić information content (AvgIpc) is 2.48. The summed E-state index contributed by atoms with van der Waals surface area (Å²) >= 11 is 10.3. The number of halogens is 2. The molecule has 21 heavy (non-hydrogen) atoms. The molecule has 0 aromatic heterocycles. The van der Waals surface area contributed by atoms with E-state index in [9.17, 15) is 0 Å². The largest absolute Gasteiger partial charge is 0.486 e. The molecule has 1 heterocycles. The Balaban J connectivity index is 2.00. The first-order chi connectivity index (χ1) is 10.1. The van der Waals surface area contributed by atoms with Crippen molar-refractivity contribution in [2.24, 2.45) is 0 Å². The van der Waals surface area contributed by atoms with E-state index in [2.05, 4.69) is 48.0 Å². The lowest BCUT2D eigenvalue weighted by molar-refractivity contribution is 0.171. The number of hydrogen-bond acceptors (Lipinski definition) is 2. The topological polar surface area (TPSA) is 18.5 Å². The summed E-state index contributed by atoms with van der Waals surface area (Å²) in [6.07, 6.45) is 0. The number of aryl methyl sites for hydroxylation is 2. The van der Waals surface area contributed by atoms with E-state index in [4.69, 9.17) is 21.1 Å². The monoisotopic (exact) mass is 366 g/mol. The second kappa shape index (κ2) is 5.90. The van der Waals surface area contributed by atoms with Gasteiger partial charge in [0.25, 0.3) is 0 Å². The predicted molar refractivity (Wildman–Crippen MR) is 88.7 cm³/mol. The Bertz CT molecular complexity index is 685. The number of benzene rings is 2. The molecule has 1 aliphatic heterocycles. The molecular weight excluding hydrogens is 352 g/mol. The van der Waals surface area contributed by atoms with Gasteiger partial charge in [-0.25, -0.2) is 0 Å². The highest BCUT2D eigenvalue weighted by molar-refractivity contribution is 9.10. The van der Waals surface area contributed by atoms with Crippen molar-refractivity contribution in [2.75, 3.05) is 13.2 Å². The molecule has 0 amide bonds. The van der Waals surface area contributed by atoms with Gasteiger partial charge < -0.3 is 9.47 Å². The molecule has 0 saturated heterocycles. The van der Waals surface area contributed by atoms with Gasteiger partial charge in [0.2, 0.25) is 0 Å². The fourth-order valence-electron chi connectivity index (χ4n) is 2.38. The SMILES string of the molecule is Cc1ccc(C(Cl)c2cc3c(cc2Br)OCCO3)cc1C. The first-order valence-corrected chi connectivity index (χ1v) is 8.09. The molecule has 3 rings (SSSR count). The molecule has 2 nitrogen and oxygen atoms in total. The van der Waals surface area contributed by atoms with Crippen molar-refractivity contribution < 1.29 is 9.47 Å². The van der Waals surface area contributed by atoms with E-state index in [0.29, 0.717) is 13.2 Å². The van der Waals surface area contributed by atoms with Crippen molar-refractivity contribution in [1.29, 1.82) is 0 Å². The van der Waals surface area contributed by atoms with Crippen LogP contribution in [0.3, 0.4) is 0 Å². The van der Waals surface area contributed by atoms with Crippen LogP contribution in [0.5, 0.6) is 11.5 Å². The van der Waals surface area contributed by atoms with Gasteiger partial charge in [0.05, 0.1) is 5.38 Å². The zero-order valence-corrected chi connectivity index (χ0v) is 14.3. The van der Waals surface area contributed by atoms with Crippen LogP contribution in [0.15, 0.2) is 34.8 Å². The highest BCUT2D eigenvalue weighted by Crippen LogP contribution is 2.41. The molecule has 0 aliphatic carbocycles. The first kappa shape index (κ1) is 14.7. The minimum absolute atomic E-state index is 0.227. The van der Waals surface area contributed by atoms with Crippen LogP contribution in [-0.4, -0.2) is 13.2 Å². The van der Waals surface area contributed by atoms with Crippen molar-refractivity contribution in [2.45, 2.75) is 19.2 Å². The summed E-state index contributed by atoms with van der Waals surface area (Å²) in [5.41, 5.74) is 4.58. The fraction of sp³-hybridized carbons (Fsp3) is 0.294. The molecule has 1 unspecified atom stereocenters. The van der Waals surface area contributed by atoms with E-state index in [1.54, 1.807) is 0 Å². The Morgan fingerprint density at radius 1 is 1.00 bits per heavy atom. The van der Waals surface area contributed by atoms with Crippen LogP contribution in [0.25, 0.3) is 0 Å². The Hall–Kier alpha value is -1.19. The van der Waals surface area contributed by atoms with Crippen molar-refractivity contribution in [3.63, 3.8) is 0 Å². The third-order valence-electron chi connectivity index (χ3n) is 3.76. The van der Waals surface area contributed by atoms with Crippen molar-refractivity contribution in [1.82, 2.24) is 0 Å². The molecule has 1 aliphatic rings. The summed E-state index contributed by atoms with van der Waals surface area (Å²) < 4.78 is 12.2. The zero-order chi connectivity index (χ0) is 15.0. The lowest BCUT2D eigenvalue weighted by Crippen LogP contribution is -2.15. The number of alkyl halides is 1. The molecule has 0 bridgehead atoms. The molecule has 0 N–H and O–H groups in total. The van der Waals surface area contributed by atoms with Gasteiger partial charge in [0, 0.05) is 4.47 Å². The summed E-state index contributed by atoms with van der Waals surface area (Å²) in [5.74, 6) is 1.52. The van der Waals surface area contributed by atoms with Gasteiger partial charge in [-0.3, -0.25) is 0 Å². The van der Waals surface area contributed by atoms with Gasteiger partial charge >= 0.3 is 0 Å². The maximum Gasteiger partial charge on any atom is 0.162 e. The number of hydrogen-bond donors (Lipinski definition) is 0. The molecule has 0 radical (unpaired) electrons. The minimum Gasteiger partial charge on any atom is -0.486 e. The number of ether oxygens (including phenoxy) is 2. The fourth-order valence-corrected chi connectivity index (χ4v) is 3.38. The summed E-state index contributed by atoms with van der Waals surface area (Å²) in [6.45, 7) is 5.36. The van der Waals surface area contributed by atoms with E-state index in [0.717, 1.165) is 27.1 Å². The van der Waals surface area contributed by atoms with Crippen molar-refractivity contribution in [3.8, 4) is 11.5 Å². The van der Waals surface area contributed by atoms with Crippen molar-refractivity contribution >= 4 is 27.5 Å². The van der Waals surface area contributed by atoms with Crippen LogP contribution in [0, 0.1) is 13.8 Å². The van der Waals surface area contributed by atoms with Gasteiger partial charge in [0.15, 0.2) is 11.5 Å². The normalized spacial score (nSPS) is 14.9. The Kier molecular flexibility index (Phi) is 4.14. The standard InChI is InChI=1S/C17H16BrClO2/c1-10-3-4-12(7-11(10)2)17(19)13-8-15-16(9-14(13)18)21-6-5-20-15/h3-4,7-9,17H,5-6H2,1-2H3. The molecule has 4 heteroatoms. The molecular formula is C17H16BrClO2.